The van der Waals surface area contributed by atoms with E-state index in [4.69, 9.17) is 0 Å². The average Bonchev–Trinajstić information content (AvgIpc) is 3.06. The van der Waals surface area contributed by atoms with Gasteiger partial charge in [0, 0.05) is 12.6 Å². The minimum atomic E-state index is -0.0529. The van der Waals surface area contributed by atoms with Gasteiger partial charge in [-0.1, -0.05) is 12.1 Å². The van der Waals surface area contributed by atoms with Gasteiger partial charge in [0.25, 0.3) is 5.91 Å². The van der Waals surface area contributed by atoms with Crippen molar-refractivity contribution < 1.29 is 9.90 Å². The number of thiazole rings is 1. The molecule has 3 saturated heterocycles. The maximum atomic E-state index is 12.5. The number of aromatic hydroxyl groups is 1. The van der Waals surface area contributed by atoms with Crippen LogP contribution in [-0.2, 0) is 0 Å². The zero-order chi connectivity index (χ0) is 15.8. The van der Waals surface area contributed by atoms with Crippen molar-refractivity contribution in [2.24, 2.45) is 5.92 Å². The Bertz CT molecular complexity index is 722. The van der Waals surface area contributed by atoms with E-state index in [-0.39, 0.29) is 17.7 Å². The summed E-state index contributed by atoms with van der Waals surface area (Å²) in [5, 5.41) is 13.7. The lowest BCUT2D eigenvalue weighted by Gasteiger charge is -2.44. The molecule has 0 spiro atoms. The molecule has 6 heteroatoms. The molecule has 120 valence electrons. The smallest absolute Gasteiger partial charge is 0.263 e. The highest BCUT2D eigenvalue weighted by molar-refractivity contribution is 7.16. The molecule has 3 fully saturated rings. The molecular weight excluding hydrogens is 310 g/mol. The zero-order valence-corrected chi connectivity index (χ0v) is 13.6. The lowest BCUT2D eigenvalue weighted by molar-refractivity contribution is 0.0622. The first-order valence-corrected chi connectivity index (χ1v) is 8.80. The molecule has 4 heterocycles. The van der Waals surface area contributed by atoms with Crippen LogP contribution < -0.4 is 5.32 Å². The van der Waals surface area contributed by atoms with Crippen molar-refractivity contribution in [3.05, 3.63) is 35.3 Å². The Balaban J connectivity index is 1.48. The number of hydrogen-bond acceptors (Lipinski definition) is 5. The number of carbonyl (C=O) groups is 1. The summed E-state index contributed by atoms with van der Waals surface area (Å²) in [6.45, 7) is 3.28. The molecule has 2 bridgehead atoms. The van der Waals surface area contributed by atoms with Crippen molar-refractivity contribution in [2.75, 3.05) is 19.6 Å². The lowest BCUT2D eigenvalue weighted by Crippen LogP contribution is -2.57. The Morgan fingerprint density at radius 3 is 2.78 bits per heavy atom. The summed E-state index contributed by atoms with van der Waals surface area (Å²) >= 11 is 1.32. The Kier molecular flexibility index (Phi) is 3.79. The molecular formula is C17H19N3O2S. The number of nitrogens with zero attached hydrogens (tertiary/aromatic N) is 2. The van der Waals surface area contributed by atoms with Crippen molar-refractivity contribution in [3.63, 3.8) is 0 Å². The largest absolute Gasteiger partial charge is 0.507 e. The topological polar surface area (TPSA) is 65.5 Å². The monoisotopic (exact) mass is 329 g/mol. The standard InChI is InChI=1S/C17H19N3O2S/c21-14-4-2-1-3-12(14)17-18-9-15(23-17)16(22)19-13-10-20-7-5-11(13)6-8-20/h1-4,9,11,13,21H,5-8,10H2,(H,19,22)/t13-/m0/s1. The second-order valence-electron chi connectivity index (χ2n) is 6.26. The van der Waals surface area contributed by atoms with E-state index in [1.807, 2.05) is 12.1 Å². The Hall–Kier alpha value is -1.92. The van der Waals surface area contributed by atoms with Crippen LogP contribution in [0.5, 0.6) is 5.75 Å². The first kappa shape index (κ1) is 14.7. The number of benzene rings is 1. The number of para-hydroxylation sites is 1. The highest BCUT2D eigenvalue weighted by Gasteiger charge is 2.35. The van der Waals surface area contributed by atoms with Crippen molar-refractivity contribution in [2.45, 2.75) is 18.9 Å². The van der Waals surface area contributed by atoms with Gasteiger partial charge in [-0.2, -0.15) is 0 Å². The van der Waals surface area contributed by atoms with E-state index in [1.165, 1.54) is 24.2 Å². The third kappa shape index (κ3) is 2.84. The summed E-state index contributed by atoms with van der Waals surface area (Å²) in [5.74, 6) is 0.739. The van der Waals surface area contributed by atoms with Gasteiger partial charge in [0.15, 0.2) is 0 Å². The van der Waals surface area contributed by atoms with Crippen LogP contribution in [0.4, 0.5) is 0 Å². The molecule has 2 N–H and O–H groups in total. The first-order valence-electron chi connectivity index (χ1n) is 7.98. The number of nitrogens with one attached hydrogen (secondary N) is 1. The predicted octanol–water partition coefficient (Wildman–Crippen LogP) is 2.34. The Labute approximate surface area is 139 Å². The number of phenols is 1. The van der Waals surface area contributed by atoms with Crippen molar-refractivity contribution in [3.8, 4) is 16.3 Å². The van der Waals surface area contributed by atoms with Gasteiger partial charge in [-0.15, -0.1) is 11.3 Å². The molecule has 1 aromatic heterocycles. The van der Waals surface area contributed by atoms with Crippen molar-refractivity contribution in [1.29, 1.82) is 0 Å². The molecule has 3 aliphatic rings. The van der Waals surface area contributed by atoms with E-state index < -0.39 is 0 Å². The van der Waals surface area contributed by atoms with Crippen LogP contribution >= 0.6 is 11.3 Å². The van der Waals surface area contributed by atoms with Gasteiger partial charge >= 0.3 is 0 Å². The van der Waals surface area contributed by atoms with Gasteiger partial charge in [0.1, 0.15) is 15.6 Å². The molecule has 5 rings (SSSR count). The summed E-state index contributed by atoms with van der Waals surface area (Å²) in [6.07, 6.45) is 3.96. The minimum Gasteiger partial charge on any atom is -0.507 e. The van der Waals surface area contributed by atoms with E-state index >= 15 is 0 Å². The summed E-state index contributed by atoms with van der Waals surface area (Å²) in [5.41, 5.74) is 0.666. The Morgan fingerprint density at radius 2 is 2.09 bits per heavy atom. The number of aromatic nitrogens is 1. The second-order valence-corrected chi connectivity index (χ2v) is 7.30. The summed E-state index contributed by atoms with van der Waals surface area (Å²) < 4.78 is 0. The molecule has 3 aliphatic heterocycles. The number of piperidine rings is 3. The quantitative estimate of drug-likeness (QED) is 0.907. The maximum Gasteiger partial charge on any atom is 0.263 e. The zero-order valence-electron chi connectivity index (χ0n) is 12.7. The average molecular weight is 329 g/mol. The van der Waals surface area contributed by atoms with Gasteiger partial charge in [0.2, 0.25) is 0 Å². The lowest BCUT2D eigenvalue weighted by atomic mass is 9.84. The van der Waals surface area contributed by atoms with Gasteiger partial charge in [-0.25, -0.2) is 4.98 Å². The highest BCUT2D eigenvalue weighted by atomic mass is 32.1. The molecule has 1 atom stereocenters. The van der Waals surface area contributed by atoms with Crippen molar-refractivity contribution in [1.82, 2.24) is 15.2 Å². The number of amides is 1. The highest BCUT2D eigenvalue weighted by Crippen LogP contribution is 2.32. The van der Waals surface area contributed by atoms with E-state index in [2.05, 4.69) is 15.2 Å². The van der Waals surface area contributed by atoms with Gasteiger partial charge in [0.05, 0.1) is 11.8 Å². The molecule has 0 saturated carbocycles. The molecule has 1 amide bonds. The van der Waals surface area contributed by atoms with E-state index in [9.17, 15) is 9.90 Å². The molecule has 0 radical (unpaired) electrons. The fraction of sp³-hybridized carbons (Fsp3) is 0.412. The second kappa shape index (κ2) is 5.94. The number of carbonyl (C=O) groups excluding carboxylic acids is 1. The van der Waals surface area contributed by atoms with Gasteiger partial charge in [-0.05, 0) is 44.0 Å². The summed E-state index contributed by atoms with van der Waals surface area (Å²) in [7, 11) is 0. The van der Waals surface area contributed by atoms with Crippen LogP contribution in [0.15, 0.2) is 30.5 Å². The third-order valence-corrected chi connectivity index (χ3v) is 5.87. The SMILES string of the molecule is O=C(N[C@H]1CN2CCC1CC2)c1cnc(-c2ccccc2O)s1. The summed E-state index contributed by atoms with van der Waals surface area (Å²) in [4.78, 5) is 19.8. The van der Waals surface area contributed by atoms with Crippen LogP contribution in [0.1, 0.15) is 22.5 Å². The fourth-order valence-electron chi connectivity index (χ4n) is 3.53. The molecule has 2 aromatic rings. The fourth-order valence-corrected chi connectivity index (χ4v) is 4.38. The molecule has 0 aliphatic carbocycles. The number of rotatable bonds is 3. The first-order chi connectivity index (χ1) is 11.2. The van der Waals surface area contributed by atoms with Crippen LogP contribution in [0.3, 0.4) is 0 Å². The molecule has 0 unspecified atom stereocenters. The molecule has 1 aromatic carbocycles. The Morgan fingerprint density at radius 1 is 1.30 bits per heavy atom. The predicted molar refractivity (Wildman–Crippen MR) is 89.6 cm³/mol. The van der Waals surface area contributed by atoms with Crippen LogP contribution in [0.25, 0.3) is 10.6 Å². The molecule has 23 heavy (non-hydrogen) atoms. The van der Waals surface area contributed by atoms with E-state index in [1.54, 1.807) is 18.3 Å². The number of hydrogen-bond donors (Lipinski definition) is 2. The maximum absolute atomic E-state index is 12.5. The number of phenolic OH excluding ortho intramolecular Hbond substituents is 1. The van der Waals surface area contributed by atoms with Crippen LogP contribution in [0.2, 0.25) is 0 Å². The molecule has 5 nitrogen and oxygen atoms in total. The number of fused-ring (bicyclic) bond motifs is 3. The van der Waals surface area contributed by atoms with E-state index in [0.29, 0.717) is 21.4 Å². The van der Waals surface area contributed by atoms with E-state index in [0.717, 1.165) is 19.6 Å². The third-order valence-electron chi connectivity index (χ3n) is 4.84. The van der Waals surface area contributed by atoms with Crippen LogP contribution in [-0.4, -0.2) is 46.6 Å². The van der Waals surface area contributed by atoms with Gasteiger partial charge in [-0.3, -0.25) is 4.79 Å². The van der Waals surface area contributed by atoms with Gasteiger partial charge < -0.3 is 15.3 Å². The van der Waals surface area contributed by atoms with Crippen LogP contribution in [0, 0.1) is 5.92 Å². The normalized spacial score (nSPS) is 26.2. The van der Waals surface area contributed by atoms with Crippen molar-refractivity contribution >= 4 is 17.2 Å². The minimum absolute atomic E-state index is 0.0529. The summed E-state index contributed by atoms with van der Waals surface area (Å²) in [6, 6.07) is 7.31.